The fourth-order valence-electron chi connectivity index (χ4n) is 3.57. The van der Waals surface area contributed by atoms with Crippen molar-refractivity contribution in [2.24, 2.45) is 0 Å². The van der Waals surface area contributed by atoms with E-state index in [9.17, 15) is 4.79 Å². The van der Waals surface area contributed by atoms with Gasteiger partial charge in [0, 0.05) is 43.7 Å². The van der Waals surface area contributed by atoms with Crippen LogP contribution in [0, 0.1) is 0 Å². The van der Waals surface area contributed by atoms with Gasteiger partial charge in [-0.05, 0) is 49.7 Å². The molecule has 1 aliphatic heterocycles. The van der Waals surface area contributed by atoms with E-state index < -0.39 is 0 Å². The Morgan fingerprint density at radius 1 is 1.10 bits per heavy atom. The molecule has 30 heavy (non-hydrogen) atoms. The Balaban J connectivity index is 1.26. The summed E-state index contributed by atoms with van der Waals surface area (Å²) in [4.78, 5) is 20.1. The van der Waals surface area contributed by atoms with Gasteiger partial charge in [-0.1, -0.05) is 17.3 Å². The van der Waals surface area contributed by atoms with Crippen molar-refractivity contribution in [2.45, 2.75) is 25.9 Å². The molecule has 0 atom stereocenters. The van der Waals surface area contributed by atoms with Crippen LogP contribution in [0.25, 0.3) is 11.3 Å². The quantitative estimate of drug-likeness (QED) is 0.571. The number of carbonyl (C=O) groups is 1. The minimum Gasteiger partial charge on any atom is -0.484 e. The SMILES string of the molecule is CN(Cc1ccc(OCC(=O)N2CCCC2)cc1)Cc1cc(-c2ccncc2)no1. The van der Waals surface area contributed by atoms with Crippen LogP contribution in [-0.2, 0) is 17.9 Å². The van der Waals surface area contributed by atoms with E-state index in [-0.39, 0.29) is 12.5 Å². The first-order chi connectivity index (χ1) is 14.7. The number of rotatable bonds is 8. The molecule has 0 unspecified atom stereocenters. The molecule has 1 fully saturated rings. The Morgan fingerprint density at radius 2 is 1.83 bits per heavy atom. The minimum absolute atomic E-state index is 0.0644. The lowest BCUT2D eigenvalue weighted by Gasteiger charge is -2.16. The predicted molar refractivity (Wildman–Crippen MR) is 113 cm³/mol. The maximum atomic E-state index is 12.1. The molecule has 1 saturated heterocycles. The largest absolute Gasteiger partial charge is 0.484 e. The zero-order valence-electron chi connectivity index (χ0n) is 17.2. The number of carbonyl (C=O) groups excluding carboxylic acids is 1. The van der Waals surface area contributed by atoms with Gasteiger partial charge in [0.2, 0.25) is 0 Å². The van der Waals surface area contributed by atoms with Crippen molar-refractivity contribution >= 4 is 5.91 Å². The number of hydrogen-bond acceptors (Lipinski definition) is 6. The van der Waals surface area contributed by atoms with Crippen molar-refractivity contribution in [1.29, 1.82) is 0 Å². The lowest BCUT2D eigenvalue weighted by atomic mass is 10.2. The summed E-state index contributed by atoms with van der Waals surface area (Å²) in [6.45, 7) is 3.22. The number of benzene rings is 1. The Morgan fingerprint density at radius 3 is 2.57 bits per heavy atom. The average Bonchev–Trinajstić information content (AvgIpc) is 3.46. The van der Waals surface area contributed by atoms with Crippen LogP contribution in [-0.4, -0.2) is 52.6 Å². The molecule has 0 saturated carbocycles. The van der Waals surface area contributed by atoms with E-state index >= 15 is 0 Å². The number of aromatic nitrogens is 2. The van der Waals surface area contributed by atoms with Crippen LogP contribution >= 0.6 is 0 Å². The highest BCUT2D eigenvalue weighted by Gasteiger charge is 2.18. The molecule has 0 aliphatic carbocycles. The first-order valence-corrected chi connectivity index (χ1v) is 10.2. The number of ether oxygens (including phenoxy) is 1. The van der Waals surface area contributed by atoms with Gasteiger partial charge in [-0.3, -0.25) is 14.7 Å². The van der Waals surface area contributed by atoms with Gasteiger partial charge >= 0.3 is 0 Å². The molecule has 7 nitrogen and oxygen atoms in total. The topological polar surface area (TPSA) is 71.7 Å². The lowest BCUT2D eigenvalue weighted by molar-refractivity contribution is -0.132. The van der Waals surface area contributed by atoms with Gasteiger partial charge in [0.1, 0.15) is 11.4 Å². The van der Waals surface area contributed by atoms with E-state index in [2.05, 4.69) is 15.0 Å². The molecule has 1 amide bonds. The second-order valence-electron chi connectivity index (χ2n) is 7.61. The van der Waals surface area contributed by atoms with Gasteiger partial charge in [0.05, 0.1) is 6.54 Å². The minimum atomic E-state index is 0.0644. The molecule has 1 aliphatic rings. The van der Waals surface area contributed by atoms with Gasteiger partial charge < -0.3 is 14.2 Å². The zero-order valence-corrected chi connectivity index (χ0v) is 17.2. The number of hydrogen-bond donors (Lipinski definition) is 0. The highest BCUT2D eigenvalue weighted by molar-refractivity contribution is 5.78. The fraction of sp³-hybridized carbons (Fsp3) is 0.348. The molecule has 3 heterocycles. The normalized spacial score (nSPS) is 13.7. The summed E-state index contributed by atoms with van der Waals surface area (Å²) in [7, 11) is 2.04. The van der Waals surface area contributed by atoms with E-state index in [0.717, 1.165) is 55.1 Å². The smallest absolute Gasteiger partial charge is 0.260 e. The molecule has 7 heteroatoms. The van der Waals surface area contributed by atoms with E-state index in [4.69, 9.17) is 9.26 Å². The summed E-state index contributed by atoms with van der Waals surface area (Å²) in [6.07, 6.45) is 5.66. The van der Waals surface area contributed by atoms with Crippen LogP contribution in [0.5, 0.6) is 5.75 Å². The van der Waals surface area contributed by atoms with Crippen LogP contribution in [0.4, 0.5) is 0 Å². The fourth-order valence-corrected chi connectivity index (χ4v) is 3.57. The van der Waals surface area contributed by atoms with Gasteiger partial charge in [0.25, 0.3) is 5.91 Å². The summed E-state index contributed by atoms with van der Waals surface area (Å²) >= 11 is 0. The lowest BCUT2D eigenvalue weighted by Crippen LogP contribution is -2.32. The molecule has 0 radical (unpaired) electrons. The maximum Gasteiger partial charge on any atom is 0.260 e. The summed E-state index contributed by atoms with van der Waals surface area (Å²) in [5.41, 5.74) is 2.96. The molecule has 1 aromatic carbocycles. The van der Waals surface area contributed by atoms with Crippen molar-refractivity contribution in [3.8, 4) is 17.0 Å². The third-order valence-electron chi connectivity index (χ3n) is 5.16. The predicted octanol–water partition coefficient (Wildman–Crippen LogP) is 3.37. The third-order valence-corrected chi connectivity index (χ3v) is 5.16. The number of nitrogens with zero attached hydrogens (tertiary/aromatic N) is 4. The monoisotopic (exact) mass is 406 g/mol. The second kappa shape index (κ2) is 9.54. The first kappa shape index (κ1) is 20.1. The molecule has 0 spiro atoms. The molecular weight excluding hydrogens is 380 g/mol. The van der Waals surface area contributed by atoms with Crippen molar-refractivity contribution in [3.05, 3.63) is 66.2 Å². The third kappa shape index (κ3) is 5.24. The number of amides is 1. The molecule has 0 bridgehead atoms. The van der Waals surface area contributed by atoms with E-state index in [1.807, 2.05) is 54.4 Å². The van der Waals surface area contributed by atoms with Crippen LogP contribution in [0.15, 0.2) is 59.4 Å². The van der Waals surface area contributed by atoms with Crippen LogP contribution in [0.3, 0.4) is 0 Å². The van der Waals surface area contributed by atoms with Crippen LogP contribution in [0.1, 0.15) is 24.2 Å². The molecule has 4 rings (SSSR count). The van der Waals surface area contributed by atoms with E-state index in [0.29, 0.717) is 12.3 Å². The highest BCUT2D eigenvalue weighted by Crippen LogP contribution is 2.20. The van der Waals surface area contributed by atoms with Crippen LogP contribution < -0.4 is 4.74 Å². The van der Waals surface area contributed by atoms with Crippen molar-refractivity contribution in [2.75, 3.05) is 26.7 Å². The second-order valence-corrected chi connectivity index (χ2v) is 7.61. The molecular formula is C23H26N4O3. The molecule has 156 valence electrons. The molecule has 3 aromatic rings. The summed E-state index contributed by atoms with van der Waals surface area (Å²) in [5.74, 6) is 1.59. The van der Waals surface area contributed by atoms with Gasteiger partial charge in [-0.25, -0.2) is 0 Å². The highest BCUT2D eigenvalue weighted by atomic mass is 16.5. The van der Waals surface area contributed by atoms with Gasteiger partial charge in [-0.2, -0.15) is 0 Å². The van der Waals surface area contributed by atoms with Crippen LogP contribution in [0.2, 0.25) is 0 Å². The maximum absolute atomic E-state index is 12.1. The van der Waals surface area contributed by atoms with Crippen molar-refractivity contribution in [1.82, 2.24) is 19.9 Å². The average molecular weight is 406 g/mol. The summed E-state index contributed by atoms with van der Waals surface area (Å²) in [5, 5.41) is 4.14. The zero-order chi connectivity index (χ0) is 20.8. The molecule has 0 N–H and O–H groups in total. The Hall–Kier alpha value is -3.19. The van der Waals surface area contributed by atoms with Gasteiger partial charge in [0.15, 0.2) is 12.4 Å². The Labute approximate surface area is 176 Å². The Bertz CT molecular complexity index is 950. The molecule has 2 aromatic heterocycles. The first-order valence-electron chi connectivity index (χ1n) is 10.2. The van der Waals surface area contributed by atoms with Crippen molar-refractivity contribution in [3.63, 3.8) is 0 Å². The Kier molecular flexibility index (Phi) is 6.39. The summed E-state index contributed by atoms with van der Waals surface area (Å²) in [6, 6.07) is 13.7. The van der Waals surface area contributed by atoms with E-state index in [1.54, 1.807) is 12.4 Å². The van der Waals surface area contributed by atoms with E-state index in [1.165, 1.54) is 0 Å². The van der Waals surface area contributed by atoms with Gasteiger partial charge in [-0.15, -0.1) is 0 Å². The van der Waals surface area contributed by atoms with Crippen molar-refractivity contribution < 1.29 is 14.1 Å². The summed E-state index contributed by atoms with van der Waals surface area (Å²) < 4.78 is 11.1. The number of pyridine rings is 1. The standard InChI is InChI=1S/C23H26N4O3/c1-26(16-21-14-22(25-30-21)19-8-10-24-11-9-19)15-18-4-6-20(7-5-18)29-17-23(28)27-12-2-3-13-27/h4-11,14H,2-3,12-13,15-17H2,1H3. The number of likely N-dealkylation sites (tertiary alicyclic amines) is 1.